The maximum absolute atomic E-state index is 12.5. The van der Waals surface area contributed by atoms with Gasteiger partial charge in [-0.3, -0.25) is 4.98 Å². The Morgan fingerprint density at radius 2 is 1.78 bits per heavy atom. The van der Waals surface area contributed by atoms with Crippen molar-refractivity contribution < 1.29 is 24.1 Å². The first-order valence-corrected chi connectivity index (χ1v) is 13.0. The third kappa shape index (κ3) is 7.42. The van der Waals surface area contributed by atoms with Crippen LogP contribution in [0.4, 0.5) is 10.5 Å². The summed E-state index contributed by atoms with van der Waals surface area (Å²) in [5.41, 5.74) is 0.568. The highest BCUT2D eigenvalue weighted by atomic mass is 16.6. The molecule has 2 aliphatic rings. The first kappa shape index (κ1) is 25.9. The van der Waals surface area contributed by atoms with Gasteiger partial charge < -0.3 is 29.1 Å². The van der Waals surface area contributed by atoms with Crippen LogP contribution < -0.4 is 14.4 Å². The number of carbonyl (C=O) groups is 1. The van der Waals surface area contributed by atoms with Gasteiger partial charge in [0.05, 0.1) is 30.7 Å². The highest BCUT2D eigenvalue weighted by Crippen LogP contribution is 2.28. The van der Waals surface area contributed by atoms with Gasteiger partial charge >= 0.3 is 6.09 Å². The zero-order valence-electron chi connectivity index (χ0n) is 21.7. The Labute approximate surface area is 214 Å². The average molecular weight is 498 g/mol. The van der Waals surface area contributed by atoms with Crippen LogP contribution in [-0.4, -0.2) is 65.6 Å². The van der Waals surface area contributed by atoms with E-state index in [1.54, 1.807) is 35.4 Å². The van der Waals surface area contributed by atoms with E-state index in [0.717, 1.165) is 62.4 Å². The van der Waals surface area contributed by atoms with Gasteiger partial charge in [-0.15, -0.1) is 0 Å². The second-order valence-corrected chi connectivity index (χ2v) is 10.7. The number of anilines is 1. The Hall–Kier alpha value is -3.16. The summed E-state index contributed by atoms with van der Waals surface area (Å²) in [7, 11) is 0. The lowest BCUT2D eigenvalue weighted by Crippen LogP contribution is -2.42. The number of benzene rings is 1. The van der Waals surface area contributed by atoms with E-state index in [0.29, 0.717) is 25.7 Å². The van der Waals surface area contributed by atoms with Crippen LogP contribution >= 0.6 is 0 Å². The topological polar surface area (TPSA) is 84.4 Å². The number of piperidine rings is 1. The summed E-state index contributed by atoms with van der Waals surface area (Å²) in [6.07, 6.45) is 8.47. The van der Waals surface area contributed by atoms with Crippen LogP contribution in [0.3, 0.4) is 0 Å². The number of phenolic OH excluding ortho intramolecular Hbond substituents is 1. The third-order valence-electron chi connectivity index (χ3n) is 6.76. The molecule has 0 saturated carbocycles. The van der Waals surface area contributed by atoms with E-state index in [1.165, 1.54) is 0 Å². The van der Waals surface area contributed by atoms with Crippen molar-refractivity contribution in [1.29, 1.82) is 0 Å². The normalized spacial score (nSPS) is 18.8. The molecule has 4 rings (SSSR count). The Bertz CT molecular complexity index is 983. The lowest BCUT2D eigenvalue weighted by atomic mass is 9.94. The van der Waals surface area contributed by atoms with Gasteiger partial charge in [0.25, 0.3) is 0 Å². The van der Waals surface area contributed by atoms with Crippen LogP contribution in [0.5, 0.6) is 17.2 Å². The lowest BCUT2D eigenvalue weighted by Gasteiger charge is -2.33. The molecule has 0 spiro atoms. The molecule has 1 atom stereocenters. The zero-order chi connectivity index (χ0) is 25.5. The maximum atomic E-state index is 12.5. The summed E-state index contributed by atoms with van der Waals surface area (Å²) < 4.78 is 17.5. The van der Waals surface area contributed by atoms with Crippen molar-refractivity contribution >= 4 is 11.8 Å². The van der Waals surface area contributed by atoms with Crippen molar-refractivity contribution in [2.75, 3.05) is 37.7 Å². The maximum Gasteiger partial charge on any atom is 0.410 e. The summed E-state index contributed by atoms with van der Waals surface area (Å²) in [6.45, 7) is 9.44. The predicted octanol–water partition coefficient (Wildman–Crippen LogP) is 5.25. The number of pyridine rings is 1. The number of phenols is 1. The van der Waals surface area contributed by atoms with Crippen molar-refractivity contribution in [2.45, 2.75) is 64.5 Å². The standard InChI is InChI=1S/C28H39N3O5/c1-28(2,3)36-27(33)31-13-4-5-22(31)20-35-26-17-23(18-29-19-26)30-14-10-21(11-15-30)12-16-34-25-8-6-24(32)7-9-25/h6-9,17-19,21-22,32H,4-5,10-16,20H2,1-3H3. The average Bonchev–Trinajstić information content (AvgIpc) is 3.33. The van der Waals surface area contributed by atoms with Crippen LogP contribution in [0.2, 0.25) is 0 Å². The van der Waals surface area contributed by atoms with Gasteiger partial charge in [-0.05, 0) is 83.1 Å². The molecule has 0 aliphatic carbocycles. The van der Waals surface area contributed by atoms with E-state index in [4.69, 9.17) is 14.2 Å². The molecule has 2 fully saturated rings. The van der Waals surface area contributed by atoms with E-state index in [2.05, 4.69) is 9.88 Å². The fraction of sp³-hybridized carbons (Fsp3) is 0.571. The first-order chi connectivity index (χ1) is 17.3. The van der Waals surface area contributed by atoms with Gasteiger partial charge in [0.1, 0.15) is 29.5 Å². The minimum atomic E-state index is -0.503. The van der Waals surface area contributed by atoms with Crippen molar-refractivity contribution in [3.8, 4) is 17.2 Å². The molecule has 8 nitrogen and oxygen atoms in total. The number of amides is 1. The lowest BCUT2D eigenvalue weighted by molar-refractivity contribution is 0.0187. The second-order valence-electron chi connectivity index (χ2n) is 10.7. The number of hydrogen-bond donors (Lipinski definition) is 1. The molecule has 1 N–H and O–H groups in total. The van der Waals surface area contributed by atoms with Crippen LogP contribution in [-0.2, 0) is 4.74 Å². The van der Waals surface area contributed by atoms with E-state index in [1.807, 2.05) is 33.0 Å². The monoisotopic (exact) mass is 497 g/mol. The highest BCUT2D eigenvalue weighted by Gasteiger charge is 2.32. The van der Waals surface area contributed by atoms with E-state index in [9.17, 15) is 9.90 Å². The summed E-state index contributed by atoms with van der Waals surface area (Å²) in [4.78, 5) is 21.1. The van der Waals surface area contributed by atoms with Crippen molar-refractivity contribution in [1.82, 2.24) is 9.88 Å². The fourth-order valence-electron chi connectivity index (χ4n) is 4.79. The van der Waals surface area contributed by atoms with Crippen LogP contribution in [0.1, 0.15) is 52.9 Å². The molecule has 196 valence electrons. The largest absolute Gasteiger partial charge is 0.508 e. The number of rotatable bonds is 8. The Kier molecular flexibility index (Phi) is 8.44. The van der Waals surface area contributed by atoms with Gasteiger partial charge in [-0.25, -0.2) is 4.79 Å². The zero-order valence-corrected chi connectivity index (χ0v) is 21.7. The molecule has 2 aromatic rings. The summed E-state index contributed by atoms with van der Waals surface area (Å²) in [6, 6.07) is 8.94. The van der Waals surface area contributed by atoms with Crippen molar-refractivity contribution in [3.05, 3.63) is 42.7 Å². The van der Waals surface area contributed by atoms with Crippen LogP contribution in [0, 0.1) is 5.92 Å². The fourth-order valence-corrected chi connectivity index (χ4v) is 4.79. The second kappa shape index (κ2) is 11.7. The number of ether oxygens (including phenoxy) is 3. The van der Waals surface area contributed by atoms with Gasteiger partial charge in [-0.2, -0.15) is 0 Å². The molecule has 0 radical (unpaired) electrons. The van der Waals surface area contributed by atoms with Crippen LogP contribution in [0.15, 0.2) is 42.7 Å². The molecule has 8 heteroatoms. The molecule has 1 aromatic heterocycles. The first-order valence-electron chi connectivity index (χ1n) is 13.0. The Morgan fingerprint density at radius 3 is 2.50 bits per heavy atom. The number of carbonyl (C=O) groups excluding carboxylic acids is 1. The SMILES string of the molecule is CC(C)(C)OC(=O)N1CCCC1COc1cncc(N2CCC(CCOc3ccc(O)cc3)CC2)c1. The Balaban J connectivity index is 1.22. The van der Waals surface area contributed by atoms with Crippen LogP contribution in [0.25, 0.3) is 0 Å². The molecule has 0 bridgehead atoms. The highest BCUT2D eigenvalue weighted by molar-refractivity contribution is 5.69. The molecule has 1 amide bonds. The van der Waals surface area contributed by atoms with Gasteiger partial charge in [0.15, 0.2) is 0 Å². The molecule has 2 aliphatic heterocycles. The van der Waals surface area contributed by atoms with E-state index < -0.39 is 5.60 Å². The molecule has 1 aromatic carbocycles. The Morgan fingerprint density at radius 1 is 1.03 bits per heavy atom. The smallest absolute Gasteiger partial charge is 0.410 e. The van der Waals surface area contributed by atoms with Gasteiger partial charge in [-0.1, -0.05) is 0 Å². The summed E-state index contributed by atoms with van der Waals surface area (Å²) in [5, 5.41) is 9.37. The number of hydrogen-bond acceptors (Lipinski definition) is 7. The minimum absolute atomic E-state index is 0.0167. The number of aromatic hydroxyl groups is 1. The molecule has 2 saturated heterocycles. The van der Waals surface area contributed by atoms with E-state index in [-0.39, 0.29) is 17.9 Å². The molecular weight excluding hydrogens is 458 g/mol. The summed E-state index contributed by atoms with van der Waals surface area (Å²) >= 11 is 0. The van der Waals surface area contributed by atoms with Gasteiger partial charge in [0.2, 0.25) is 0 Å². The van der Waals surface area contributed by atoms with Crippen molar-refractivity contribution in [3.63, 3.8) is 0 Å². The molecule has 3 heterocycles. The molecule has 36 heavy (non-hydrogen) atoms. The van der Waals surface area contributed by atoms with E-state index >= 15 is 0 Å². The minimum Gasteiger partial charge on any atom is -0.508 e. The third-order valence-corrected chi connectivity index (χ3v) is 6.76. The number of nitrogens with zero attached hydrogens (tertiary/aromatic N) is 3. The molecule has 1 unspecified atom stereocenters. The molecular formula is C28H39N3O5. The predicted molar refractivity (Wildman–Crippen MR) is 139 cm³/mol. The van der Waals surface area contributed by atoms with Crippen molar-refractivity contribution in [2.24, 2.45) is 5.92 Å². The number of likely N-dealkylation sites (tertiary alicyclic amines) is 1. The van der Waals surface area contributed by atoms with Gasteiger partial charge in [0, 0.05) is 25.7 Å². The number of aromatic nitrogens is 1. The quantitative estimate of drug-likeness (QED) is 0.533. The summed E-state index contributed by atoms with van der Waals surface area (Å²) in [5.74, 6) is 2.40.